The monoisotopic (exact) mass is 266 g/mol. The van der Waals surface area contributed by atoms with Gasteiger partial charge in [-0.05, 0) is 29.9 Å². The van der Waals surface area contributed by atoms with E-state index >= 15 is 0 Å². The smallest absolute Gasteiger partial charge is 0.0533 e. The Bertz CT molecular complexity index is 534. The molecule has 0 bridgehead atoms. The van der Waals surface area contributed by atoms with Crippen LogP contribution in [0.1, 0.15) is 42.7 Å². The van der Waals surface area contributed by atoms with Crippen LogP contribution in [-0.2, 0) is 5.41 Å². The zero-order chi connectivity index (χ0) is 13.8. The Morgan fingerprint density at radius 2 is 1.55 bits per heavy atom. The molecule has 0 amide bonds. The molecule has 0 heterocycles. The van der Waals surface area contributed by atoms with Crippen LogP contribution >= 0.6 is 0 Å². The molecule has 1 saturated carbocycles. The number of hydrogen-bond donors (Lipinski definition) is 1. The molecular formula is C19H22O. The van der Waals surface area contributed by atoms with Crippen LogP contribution in [0.4, 0.5) is 0 Å². The van der Waals surface area contributed by atoms with Gasteiger partial charge in [0.1, 0.15) is 0 Å². The molecule has 0 aromatic heterocycles. The number of hydrogen-bond acceptors (Lipinski definition) is 1. The van der Waals surface area contributed by atoms with E-state index in [1.807, 2.05) is 0 Å². The Labute approximate surface area is 121 Å². The lowest BCUT2D eigenvalue weighted by atomic mass is 9.61. The van der Waals surface area contributed by atoms with Crippen LogP contribution in [0.2, 0.25) is 0 Å². The van der Waals surface area contributed by atoms with Crippen molar-refractivity contribution in [1.82, 2.24) is 0 Å². The van der Waals surface area contributed by atoms with Crippen molar-refractivity contribution in [2.75, 3.05) is 6.61 Å². The van der Waals surface area contributed by atoms with Crippen LogP contribution in [0.25, 0.3) is 0 Å². The molecule has 1 aliphatic carbocycles. The fraction of sp³-hybridized carbons (Fsp3) is 0.368. The second kappa shape index (κ2) is 5.80. The molecule has 2 atom stereocenters. The molecule has 3 rings (SSSR count). The molecule has 2 aromatic rings. The lowest BCUT2D eigenvalue weighted by molar-refractivity contribution is 0.129. The minimum absolute atomic E-state index is 0.110. The standard InChI is InChI=1S/C19H22O/c20-15-19(17-11-5-2-6-12-17)14-8-7-13-18(19)16-9-3-1-4-10-16/h1-6,9-12,18,20H,7-8,13-15H2. The van der Waals surface area contributed by atoms with Crippen molar-refractivity contribution >= 4 is 0 Å². The Hall–Kier alpha value is -1.60. The highest BCUT2D eigenvalue weighted by atomic mass is 16.3. The van der Waals surface area contributed by atoms with Gasteiger partial charge in [0, 0.05) is 5.41 Å². The van der Waals surface area contributed by atoms with Gasteiger partial charge in [-0.25, -0.2) is 0 Å². The molecule has 1 fully saturated rings. The van der Waals surface area contributed by atoms with Crippen molar-refractivity contribution in [3.05, 3.63) is 71.8 Å². The summed E-state index contributed by atoms with van der Waals surface area (Å²) in [6.45, 7) is 0.233. The Kier molecular flexibility index (Phi) is 3.88. The maximum atomic E-state index is 10.2. The largest absolute Gasteiger partial charge is 0.395 e. The molecule has 1 N–H and O–H groups in total. The molecule has 1 aliphatic rings. The molecule has 104 valence electrons. The highest BCUT2D eigenvalue weighted by Crippen LogP contribution is 2.48. The lowest BCUT2D eigenvalue weighted by Crippen LogP contribution is -2.40. The fourth-order valence-corrected chi connectivity index (χ4v) is 3.81. The normalized spacial score (nSPS) is 26.4. The summed E-state index contributed by atoms with van der Waals surface area (Å²) >= 11 is 0. The summed E-state index contributed by atoms with van der Waals surface area (Å²) in [5.74, 6) is 0.421. The second-order valence-corrected chi connectivity index (χ2v) is 5.89. The highest BCUT2D eigenvalue weighted by molar-refractivity contribution is 5.35. The Morgan fingerprint density at radius 1 is 0.900 bits per heavy atom. The average Bonchev–Trinajstić information content (AvgIpc) is 2.56. The Balaban J connectivity index is 2.06. The predicted molar refractivity (Wildman–Crippen MR) is 82.9 cm³/mol. The van der Waals surface area contributed by atoms with E-state index in [4.69, 9.17) is 0 Å². The predicted octanol–water partition coefficient (Wildman–Crippen LogP) is 4.27. The molecule has 2 aromatic carbocycles. The highest BCUT2D eigenvalue weighted by Gasteiger charge is 2.42. The molecular weight excluding hydrogens is 244 g/mol. The second-order valence-electron chi connectivity index (χ2n) is 5.89. The van der Waals surface area contributed by atoms with E-state index in [-0.39, 0.29) is 12.0 Å². The molecule has 0 saturated heterocycles. The van der Waals surface area contributed by atoms with Gasteiger partial charge in [-0.3, -0.25) is 0 Å². The lowest BCUT2D eigenvalue weighted by Gasteiger charge is -2.44. The van der Waals surface area contributed by atoms with Gasteiger partial charge in [-0.2, -0.15) is 0 Å². The first-order valence-electron chi connectivity index (χ1n) is 7.58. The summed E-state index contributed by atoms with van der Waals surface area (Å²) in [6.07, 6.45) is 4.71. The zero-order valence-corrected chi connectivity index (χ0v) is 11.8. The maximum Gasteiger partial charge on any atom is 0.0533 e. The summed E-state index contributed by atoms with van der Waals surface area (Å²) in [5.41, 5.74) is 2.54. The first-order chi connectivity index (χ1) is 9.87. The molecule has 2 unspecified atom stereocenters. The van der Waals surface area contributed by atoms with Crippen LogP contribution in [0.5, 0.6) is 0 Å². The average molecular weight is 266 g/mol. The van der Waals surface area contributed by atoms with Crippen LogP contribution in [0.15, 0.2) is 60.7 Å². The third kappa shape index (κ3) is 2.27. The summed E-state index contributed by atoms with van der Waals surface area (Å²) in [5, 5.41) is 10.2. The topological polar surface area (TPSA) is 20.2 Å². The van der Waals surface area contributed by atoms with E-state index in [1.165, 1.54) is 30.4 Å². The molecule has 0 spiro atoms. The van der Waals surface area contributed by atoms with Crippen molar-refractivity contribution < 1.29 is 5.11 Å². The van der Waals surface area contributed by atoms with E-state index in [9.17, 15) is 5.11 Å². The number of rotatable bonds is 3. The summed E-state index contributed by atoms with van der Waals surface area (Å²) in [6, 6.07) is 21.3. The van der Waals surface area contributed by atoms with Gasteiger partial charge in [0.25, 0.3) is 0 Å². The maximum absolute atomic E-state index is 10.2. The SMILES string of the molecule is OCC1(c2ccccc2)CCCCC1c1ccccc1. The van der Waals surface area contributed by atoms with Crippen LogP contribution in [0, 0.1) is 0 Å². The van der Waals surface area contributed by atoms with Gasteiger partial charge in [0.05, 0.1) is 6.61 Å². The molecule has 0 aliphatic heterocycles. The molecule has 1 heteroatoms. The minimum Gasteiger partial charge on any atom is -0.395 e. The number of aliphatic hydroxyl groups is 1. The van der Waals surface area contributed by atoms with Crippen molar-refractivity contribution in [2.24, 2.45) is 0 Å². The third-order valence-corrected chi connectivity index (χ3v) is 4.87. The van der Waals surface area contributed by atoms with E-state index in [0.29, 0.717) is 5.92 Å². The van der Waals surface area contributed by atoms with Gasteiger partial charge >= 0.3 is 0 Å². The van der Waals surface area contributed by atoms with Gasteiger partial charge in [-0.1, -0.05) is 73.5 Å². The van der Waals surface area contributed by atoms with Crippen molar-refractivity contribution in [1.29, 1.82) is 0 Å². The summed E-state index contributed by atoms with van der Waals surface area (Å²) < 4.78 is 0. The fourth-order valence-electron chi connectivity index (χ4n) is 3.81. The third-order valence-electron chi connectivity index (χ3n) is 4.87. The molecule has 20 heavy (non-hydrogen) atoms. The van der Waals surface area contributed by atoms with Gasteiger partial charge < -0.3 is 5.11 Å². The quantitative estimate of drug-likeness (QED) is 0.879. The molecule has 1 nitrogen and oxygen atoms in total. The first kappa shape index (κ1) is 13.4. The molecule has 0 radical (unpaired) electrons. The number of aliphatic hydroxyl groups excluding tert-OH is 1. The summed E-state index contributed by atoms with van der Waals surface area (Å²) in [4.78, 5) is 0. The zero-order valence-electron chi connectivity index (χ0n) is 11.8. The van der Waals surface area contributed by atoms with Crippen molar-refractivity contribution in [2.45, 2.75) is 37.0 Å². The summed E-state index contributed by atoms with van der Waals surface area (Å²) in [7, 11) is 0. The van der Waals surface area contributed by atoms with Gasteiger partial charge in [0.15, 0.2) is 0 Å². The van der Waals surface area contributed by atoms with E-state index in [0.717, 1.165) is 6.42 Å². The van der Waals surface area contributed by atoms with Crippen LogP contribution in [0.3, 0.4) is 0 Å². The van der Waals surface area contributed by atoms with Gasteiger partial charge in [0.2, 0.25) is 0 Å². The van der Waals surface area contributed by atoms with Crippen molar-refractivity contribution in [3.8, 4) is 0 Å². The van der Waals surface area contributed by atoms with E-state index < -0.39 is 0 Å². The van der Waals surface area contributed by atoms with E-state index in [1.54, 1.807) is 0 Å². The van der Waals surface area contributed by atoms with E-state index in [2.05, 4.69) is 60.7 Å². The van der Waals surface area contributed by atoms with Crippen LogP contribution < -0.4 is 0 Å². The van der Waals surface area contributed by atoms with Gasteiger partial charge in [-0.15, -0.1) is 0 Å². The number of benzene rings is 2. The van der Waals surface area contributed by atoms with Crippen molar-refractivity contribution in [3.63, 3.8) is 0 Å². The Morgan fingerprint density at radius 3 is 2.20 bits per heavy atom. The minimum atomic E-state index is -0.110. The van der Waals surface area contributed by atoms with Crippen LogP contribution in [-0.4, -0.2) is 11.7 Å². The first-order valence-corrected chi connectivity index (χ1v) is 7.58.